The van der Waals surface area contributed by atoms with Crippen LogP contribution in [0.15, 0.2) is 54.6 Å². The minimum absolute atomic E-state index is 0.106. The Kier molecular flexibility index (Phi) is 4.77. The van der Waals surface area contributed by atoms with Crippen molar-refractivity contribution in [1.82, 2.24) is 5.32 Å². The summed E-state index contributed by atoms with van der Waals surface area (Å²) >= 11 is 0. The van der Waals surface area contributed by atoms with Crippen molar-refractivity contribution in [1.29, 1.82) is 0 Å². The smallest absolute Gasteiger partial charge is 0.251 e. The largest absolute Gasteiger partial charge is 0.508 e. The van der Waals surface area contributed by atoms with Gasteiger partial charge in [-0.2, -0.15) is 0 Å². The van der Waals surface area contributed by atoms with E-state index in [4.69, 9.17) is 0 Å². The Balaban J connectivity index is 1.83. The molecule has 0 aliphatic rings. The van der Waals surface area contributed by atoms with Gasteiger partial charge in [0.05, 0.1) is 0 Å². The lowest BCUT2D eigenvalue weighted by Crippen LogP contribution is -2.32. The van der Waals surface area contributed by atoms with Crippen LogP contribution in [0.1, 0.15) is 29.3 Å². The van der Waals surface area contributed by atoms with Gasteiger partial charge in [-0.15, -0.1) is 0 Å². The van der Waals surface area contributed by atoms with E-state index in [1.54, 1.807) is 12.1 Å². The lowest BCUT2D eigenvalue weighted by Gasteiger charge is -2.14. The molecule has 1 atom stereocenters. The van der Waals surface area contributed by atoms with Crippen LogP contribution in [-0.2, 0) is 6.42 Å². The van der Waals surface area contributed by atoms with Crippen LogP contribution in [0.3, 0.4) is 0 Å². The first kappa shape index (κ1) is 14.1. The highest BCUT2D eigenvalue weighted by atomic mass is 16.3. The lowest BCUT2D eigenvalue weighted by molar-refractivity contribution is 0.0938. The number of phenols is 1. The summed E-state index contributed by atoms with van der Waals surface area (Å²) in [6, 6.07) is 16.6. The molecule has 104 valence electrons. The van der Waals surface area contributed by atoms with Crippen molar-refractivity contribution in [3.8, 4) is 5.75 Å². The number of amides is 1. The van der Waals surface area contributed by atoms with Crippen LogP contribution < -0.4 is 5.32 Å². The summed E-state index contributed by atoms with van der Waals surface area (Å²) in [6.45, 7) is 2.00. The van der Waals surface area contributed by atoms with E-state index in [1.807, 2.05) is 25.1 Å². The second kappa shape index (κ2) is 6.75. The average Bonchev–Trinajstić information content (AvgIpc) is 2.47. The third-order valence-corrected chi connectivity index (χ3v) is 3.22. The number of carbonyl (C=O) groups excluding carboxylic acids is 1. The zero-order chi connectivity index (χ0) is 14.4. The summed E-state index contributed by atoms with van der Waals surface area (Å²) in [4.78, 5) is 12.0. The molecular weight excluding hydrogens is 250 g/mol. The molecule has 0 fully saturated rings. The third-order valence-electron chi connectivity index (χ3n) is 3.22. The predicted molar refractivity (Wildman–Crippen MR) is 79.8 cm³/mol. The molecule has 1 unspecified atom stereocenters. The van der Waals surface area contributed by atoms with Gasteiger partial charge in [0, 0.05) is 11.6 Å². The summed E-state index contributed by atoms with van der Waals surface area (Å²) < 4.78 is 0. The maximum Gasteiger partial charge on any atom is 0.251 e. The Labute approximate surface area is 119 Å². The quantitative estimate of drug-likeness (QED) is 0.876. The van der Waals surface area contributed by atoms with Crippen molar-refractivity contribution in [3.05, 3.63) is 65.7 Å². The van der Waals surface area contributed by atoms with Crippen molar-refractivity contribution in [3.63, 3.8) is 0 Å². The Bertz CT molecular complexity index is 549. The van der Waals surface area contributed by atoms with E-state index in [1.165, 1.54) is 17.7 Å². The first-order valence-electron chi connectivity index (χ1n) is 6.79. The van der Waals surface area contributed by atoms with Crippen molar-refractivity contribution in [2.75, 3.05) is 0 Å². The second-order valence-corrected chi connectivity index (χ2v) is 4.95. The monoisotopic (exact) mass is 269 g/mol. The molecule has 0 heterocycles. The molecule has 0 aromatic heterocycles. The minimum atomic E-state index is -0.106. The molecule has 0 saturated heterocycles. The predicted octanol–water partition coefficient (Wildman–Crippen LogP) is 3.14. The molecule has 0 bridgehead atoms. The van der Waals surface area contributed by atoms with Gasteiger partial charge in [-0.1, -0.05) is 30.3 Å². The normalized spacial score (nSPS) is 11.8. The fourth-order valence-electron chi connectivity index (χ4n) is 2.02. The first-order chi connectivity index (χ1) is 9.65. The number of hydrogen-bond donors (Lipinski definition) is 2. The van der Waals surface area contributed by atoms with E-state index in [2.05, 4.69) is 17.4 Å². The molecular formula is C17H19NO2. The molecule has 3 heteroatoms. The molecule has 2 aromatic carbocycles. The molecule has 2 N–H and O–H groups in total. The van der Waals surface area contributed by atoms with Crippen LogP contribution in [0.25, 0.3) is 0 Å². The zero-order valence-electron chi connectivity index (χ0n) is 11.5. The summed E-state index contributed by atoms with van der Waals surface area (Å²) in [7, 11) is 0. The highest BCUT2D eigenvalue weighted by Gasteiger charge is 2.09. The molecule has 0 saturated carbocycles. The lowest BCUT2D eigenvalue weighted by atomic mass is 10.1. The Morgan fingerprint density at radius 3 is 2.40 bits per heavy atom. The molecule has 0 aliphatic heterocycles. The standard InChI is InChI=1S/C17H19NO2/c1-13(7-8-14-5-3-2-4-6-14)18-17(20)15-9-11-16(19)12-10-15/h2-6,9-13,19H,7-8H2,1H3,(H,18,20). The minimum Gasteiger partial charge on any atom is -0.508 e. The van der Waals surface area contributed by atoms with Gasteiger partial charge in [0.15, 0.2) is 0 Å². The maximum absolute atomic E-state index is 12.0. The van der Waals surface area contributed by atoms with Crippen LogP contribution in [-0.4, -0.2) is 17.1 Å². The molecule has 0 aliphatic carbocycles. The van der Waals surface area contributed by atoms with Crippen molar-refractivity contribution >= 4 is 5.91 Å². The second-order valence-electron chi connectivity index (χ2n) is 4.95. The van der Waals surface area contributed by atoms with Gasteiger partial charge in [0.1, 0.15) is 5.75 Å². The van der Waals surface area contributed by atoms with Crippen molar-refractivity contribution in [2.24, 2.45) is 0 Å². The van der Waals surface area contributed by atoms with Crippen molar-refractivity contribution < 1.29 is 9.90 Å². The number of hydrogen-bond acceptors (Lipinski definition) is 2. The molecule has 1 amide bonds. The van der Waals surface area contributed by atoms with Gasteiger partial charge >= 0.3 is 0 Å². The van der Waals surface area contributed by atoms with Gasteiger partial charge < -0.3 is 10.4 Å². The van der Waals surface area contributed by atoms with E-state index in [-0.39, 0.29) is 17.7 Å². The van der Waals surface area contributed by atoms with Gasteiger partial charge in [-0.25, -0.2) is 0 Å². The summed E-state index contributed by atoms with van der Waals surface area (Å²) in [6.07, 6.45) is 1.84. The number of rotatable bonds is 5. The number of aryl methyl sites for hydroxylation is 1. The first-order valence-corrected chi connectivity index (χ1v) is 6.79. The molecule has 3 nitrogen and oxygen atoms in total. The Hall–Kier alpha value is -2.29. The zero-order valence-corrected chi connectivity index (χ0v) is 11.5. The molecule has 0 radical (unpaired) electrons. The fourth-order valence-corrected chi connectivity index (χ4v) is 2.02. The third kappa shape index (κ3) is 4.12. The number of nitrogens with one attached hydrogen (secondary N) is 1. The van der Waals surface area contributed by atoms with Gasteiger partial charge in [-0.05, 0) is 49.6 Å². The molecule has 20 heavy (non-hydrogen) atoms. The molecule has 0 spiro atoms. The highest BCUT2D eigenvalue weighted by molar-refractivity contribution is 5.94. The van der Waals surface area contributed by atoms with E-state index in [9.17, 15) is 9.90 Å². The van der Waals surface area contributed by atoms with Gasteiger partial charge in [0.2, 0.25) is 0 Å². The average molecular weight is 269 g/mol. The number of benzene rings is 2. The molecule has 2 aromatic rings. The molecule has 2 rings (SSSR count). The Morgan fingerprint density at radius 1 is 1.10 bits per heavy atom. The van der Waals surface area contributed by atoms with E-state index < -0.39 is 0 Å². The van der Waals surface area contributed by atoms with E-state index >= 15 is 0 Å². The van der Waals surface area contributed by atoms with Gasteiger partial charge in [0.25, 0.3) is 5.91 Å². The SMILES string of the molecule is CC(CCc1ccccc1)NC(=O)c1ccc(O)cc1. The number of phenolic OH excluding ortho intramolecular Hbond substituents is 1. The maximum atomic E-state index is 12.0. The topological polar surface area (TPSA) is 49.3 Å². The Morgan fingerprint density at radius 2 is 1.75 bits per heavy atom. The van der Waals surface area contributed by atoms with E-state index in [0.29, 0.717) is 5.56 Å². The van der Waals surface area contributed by atoms with Crippen molar-refractivity contribution in [2.45, 2.75) is 25.8 Å². The summed E-state index contributed by atoms with van der Waals surface area (Å²) in [5, 5.41) is 12.2. The fraction of sp³-hybridized carbons (Fsp3) is 0.235. The van der Waals surface area contributed by atoms with Crippen LogP contribution in [0.2, 0.25) is 0 Å². The van der Waals surface area contributed by atoms with Crippen LogP contribution in [0, 0.1) is 0 Å². The van der Waals surface area contributed by atoms with Gasteiger partial charge in [-0.3, -0.25) is 4.79 Å². The number of carbonyl (C=O) groups is 1. The summed E-state index contributed by atoms with van der Waals surface area (Å²) in [5.41, 5.74) is 1.84. The van der Waals surface area contributed by atoms with Crippen LogP contribution in [0.4, 0.5) is 0 Å². The van der Waals surface area contributed by atoms with Crippen LogP contribution >= 0.6 is 0 Å². The van der Waals surface area contributed by atoms with Crippen LogP contribution in [0.5, 0.6) is 5.75 Å². The highest BCUT2D eigenvalue weighted by Crippen LogP contribution is 2.10. The number of aromatic hydroxyl groups is 1. The van der Waals surface area contributed by atoms with E-state index in [0.717, 1.165) is 12.8 Å². The summed E-state index contributed by atoms with van der Waals surface area (Å²) in [5.74, 6) is 0.0595.